The lowest BCUT2D eigenvalue weighted by molar-refractivity contribution is -0.258. The van der Waals surface area contributed by atoms with Crippen molar-refractivity contribution in [2.45, 2.75) is 12.2 Å². The van der Waals surface area contributed by atoms with E-state index in [0.717, 1.165) is 0 Å². The van der Waals surface area contributed by atoms with Crippen molar-refractivity contribution < 1.29 is 48.9 Å². The van der Waals surface area contributed by atoms with Gasteiger partial charge < -0.3 is 9.47 Å². The van der Waals surface area contributed by atoms with Crippen LogP contribution in [0.25, 0.3) is 0 Å². The Hall–Kier alpha value is -3.76. The van der Waals surface area contributed by atoms with E-state index < -0.39 is 36.1 Å². The molecule has 0 fully saturated rings. The average Bonchev–Trinajstić information content (AvgIpc) is 2.75. The molecule has 0 saturated carbocycles. The average molecular weight is 390 g/mol. The van der Waals surface area contributed by atoms with E-state index in [4.69, 9.17) is 20.0 Å². The van der Waals surface area contributed by atoms with E-state index in [1.54, 1.807) is 12.1 Å². The minimum Gasteiger partial charge on any atom is -0.442 e. The van der Waals surface area contributed by atoms with E-state index in [-0.39, 0.29) is 11.1 Å². The summed E-state index contributed by atoms with van der Waals surface area (Å²) in [5.74, 6) is -5.47. The summed E-state index contributed by atoms with van der Waals surface area (Å²) in [4.78, 5) is 55.0. The van der Waals surface area contributed by atoms with E-state index in [0.29, 0.717) is 0 Å². The summed E-state index contributed by atoms with van der Waals surface area (Å²) in [6.07, 6.45) is -4.52. The molecule has 0 spiro atoms. The van der Waals surface area contributed by atoms with E-state index >= 15 is 0 Å². The van der Waals surface area contributed by atoms with Gasteiger partial charge >= 0.3 is 23.9 Å². The van der Waals surface area contributed by atoms with Crippen LogP contribution in [0.4, 0.5) is 0 Å². The number of carbonyl (C=O) groups excluding carboxylic acids is 4. The SMILES string of the molecule is O=C(O[C@@H](C(=O)OO)[C@@H](OC(=O)c1ccccc1)C(=O)OO)c1ccccc1. The summed E-state index contributed by atoms with van der Waals surface area (Å²) in [5.41, 5.74) is -0.0208. The van der Waals surface area contributed by atoms with E-state index in [9.17, 15) is 19.2 Å². The zero-order valence-electron chi connectivity index (χ0n) is 14.1. The Kier molecular flexibility index (Phi) is 7.20. The third-order valence-electron chi connectivity index (χ3n) is 3.41. The first-order chi connectivity index (χ1) is 13.5. The largest absolute Gasteiger partial charge is 0.442 e. The monoisotopic (exact) mass is 390 g/mol. The Bertz CT molecular complexity index is 762. The molecule has 0 saturated heterocycles. The van der Waals surface area contributed by atoms with Crippen molar-refractivity contribution in [1.29, 1.82) is 0 Å². The van der Waals surface area contributed by atoms with Gasteiger partial charge in [0.05, 0.1) is 11.1 Å². The molecule has 2 aromatic carbocycles. The highest BCUT2D eigenvalue weighted by atomic mass is 17.1. The summed E-state index contributed by atoms with van der Waals surface area (Å²) in [6.45, 7) is 0. The van der Waals surface area contributed by atoms with Crippen molar-refractivity contribution >= 4 is 23.9 Å². The van der Waals surface area contributed by atoms with Gasteiger partial charge in [0.2, 0.25) is 12.2 Å². The van der Waals surface area contributed by atoms with Crippen LogP contribution in [0, 0.1) is 0 Å². The first kappa shape index (κ1) is 20.6. The molecule has 0 amide bonds. The maximum absolute atomic E-state index is 12.2. The number of ether oxygens (including phenoxy) is 2. The molecule has 0 bridgehead atoms. The molecule has 10 heteroatoms. The van der Waals surface area contributed by atoms with E-state index in [1.165, 1.54) is 48.5 Å². The number of esters is 2. The van der Waals surface area contributed by atoms with Crippen LogP contribution in [-0.2, 0) is 28.8 Å². The Morgan fingerprint density at radius 3 is 1.21 bits per heavy atom. The number of carbonyl (C=O) groups is 4. The third-order valence-corrected chi connectivity index (χ3v) is 3.41. The van der Waals surface area contributed by atoms with Gasteiger partial charge in [-0.05, 0) is 24.3 Å². The van der Waals surface area contributed by atoms with Gasteiger partial charge in [0.1, 0.15) is 0 Å². The molecule has 28 heavy (non-hydrogen) atoms. The van der Waals surface area contributed by atoms with Gasteiger partial charge in [-0.2, -0.15) is 10.5 Å². The molecule has 2 N–H and O–H groups in total. The summed E-state index contributed by atoms with van der Waals surface area (Å²) in [5, 5.41) is 17.3. The summed E-state index contributed by atoms with van der Waals surface area (Å²) < 4.78 is 9.70. The fourth-order valence-electron chi connectivity index (χ4n) is 2.09. The Morgan fingerprint density at radius 1 is 0.607 bits per heavy atom. The summed E-state index contributed by atoms with van der Waals surface area (Å²) in [6, 6.07) is 14.6. The number of hydrogen-bond donors (Lipinski definition) is 2. The normalized spacial score (nSPS) is 12.2. The second-order valence-corrected chi connectivity index (χ2v) is 5.20. The molecule has 2 atom stereocenters. The molecule has 0 aliphatic heterocycles. The van der Waals surface area contributed by atoms with Gasteiger partial charge in [0.15, 0.2) is 0 Å². The van der Waals surface area contributed by atoms with Crippen LogP contribution in [0.15, 0.2) is 60.7 Å². The fraction of sp³-hybridized carbons (Fsp3) is 0.111. The van der Waals surface area contributed by atoms with Gasteiger partial charge in [-0.15, -0.1) is 0 Å². The zero-order chi connectivity index (χ0) is 20.5. The summed E-state index contributed by atoms with van der Waals surface area (Å²) >= 11 is 0. The number of hydrogen-bond acceptors (Lipinski definition) is 10. The second kappa shape index (κ2) is 9.80. The number of rotatable bonds is 7. The van der Waals surface area contributed by atoms with Crippen LogP contribution in [0.3, 0.4) is 0 Å². The highest BCUT2D eigenvalue weighted by molar-refractivity contribution is 5.95. The molecular weight excluding hydrogens is 376 g/mol. The van der Waals surface area contributed by atoms with Crippen LogP contribution in [-0.4, -0.2) is 46.6 Å². The maximum atomic E-state index is 12.2. The smallest absolute Gasteiger partial charge is 0.386 e. The van der Waals surface area contributed by atoms with Crippen LogP contribution in [0.5, 0.6) is 0 Å². The number of benzene rings is 2. The topological polar surface area (TPSA) is 146 Å². The minimum atomic E-state index is -2.26. The Labute approximate surface area is 157 Å². The molecule has 0 radical (unpaired) electrons. The molecule has 2 aromatic rings. The van der Waals surface area contributed by atoms with Gasteiger partial charge in [0.25, 0.3) is 0 Å². The van der Waals surface area contributed by atoms with Crippen LogP contribution in [0.1, 0.15) is 20.7 Å². The second-order valence-electron chi connectivity index (χ2n) is 5.20. The first-order valence-corrected chi connectivity index (χ1v) is 7.70. The predicted molar refractivity (Wildman–Crippen MR) is 88.7 cm³/mol. The predicted octanol–water partition coefficient (Wildman–Crippen LogP) is 1.47. The van der Waals surface area contributed by atoms with E-state index in [2.05, 4.69) is 9.78 Å². The molecule has 10 nitrogen and oxygen atoms in total. The van der Waals surface area contributed by atoms with Crippen molar-refractivity contribution in [3.63, 3.8) is 0 Å². The third kappa shape index (κ3) is 5.13. The van der Waals surface area contributed by atoms with Crippen LogP contribution in [0.2, 0.25) is 0 Å². The van der Waals surface area contributed by atoms with Crippen LogP contribution < -0.4 is 0 Å². The standard InChI is InChI=1S/C18H14O10/c19-15(11-7-3-1-4-8-11)25-13(17(21)27-23)14(18(22)28-24)26-16(20)12-9-5-2-6-10-12/h1-10,13-14,23-24H/t13-,14-/m1/s1. The summed E-state index contributed by atoms with van der Waals surface area (Å²) in [7, 11) is 0. The molecule has 2 rings (SSSR count). The van der Waals surface area contributed by atoms with Crippen molar-refractivity contribution in [2.75, 3.05) is 0 Å². The van der Waals surface area contributed by atoms with Gasteiger partial charge in [-0.1, -0.05) is 36.4 Å². The van der Waals surface area contributed by atoms with Crippen molar-refractivity contribution in [2.24, 2.45) is 0 Å². The highest BCUT2D eigenvalue weighted by Crippen LogP contribution is 2.15. The highest BCUT2D eigenvalue weighted by Gasteiger charge is 2.44. The van der Waals surface area contributed by atoms with Crippen molar-refractivity contribution in [3.8, 4) is 0 Å². The Balaban J connectivity index is 2.29. The lowest BCUT2D eigenvalue weighted by Gasteiger charge is -2.22. The van der Waals surface area contributed by atoms with Gasteiger partial charge in [0, 0.05) is 0 Å². The van der Waals surface area contributed by atoms with E-state index in [1.807, 2.05) is 0 Å². The minimum absolute atomic E-state index is 0.0104. The molecule has 0 aromatic heterocycles. The zero-order valence-corrected chi connectivity index (χ0v) is 14.1. The van der Waals surface area contributed by atoms with Crippen molar-refractivity contribution in [1.82, 2.24) is 0 Å². The molecule has 0 unspecified atom stereocenters. The molecule has 0 heterocycles. The molecule has 0 aliphatic carbocycles. The quantitative estimate of drug-likeness (QED) is 0.308. The van der Waals surface area contributed by atoms with Crippen LogP contribution >= 0.6 is 0 Å². The van der Waals surface area contributed by atoms with Crippen molar-refractivity contribution in [3.05, 3.63) is 71.8 Å². The molecular formula is C18H14O10. The lowest BCUT2D eigenvalue weighted by Crippen LogP contribution is -2.47. The molecule has 146 valence electrons. The first-order valence-electron chi connectivity index (χ1n) is 7.70. The lowest BCUT2D eigenvalue weighted by atomic mass is 10.1. The fourth-order valence-corrected chi connectivity index (χ4v) is 2.09. The Morgan fingerprint density at radius 2 is 0.929 bits per heavy atom. The molecule has 0 aliphatic rings. The van der Waals surface area contributed by atoms with Gasteiger partial charge in [-0.3, -0.25) is 9.78 Å². The van der Waals surface area contributed by atoms with Gasteiger partial charge in [-0.25, -0.2) is 19.2 Å². The maximum Gasteiger partial charge on any atom is 0.386 e.